The molecule has 0 aliphatic carbocycles. The van der Waals surface area contributed by atoms with Crippen LogP contribution in [0.15, 0.2) is 61.1 Å². The van der Waals surface area contributed by atoms with Crippen LogP contribution < -0.4 is 5.73 Å². The molecule has 0 amide bonds. The Labute approximate surface area is 116 Å². The van der Waals surface area contributed by atoms with Crippen molar-refractivity contribution in [3.8, 4) is 0 Å². The molecule has 0 unspecified atom stereocenters. The molecule has 0 bridgehead atoms. The highest BCUT2D eigenvalue weighted by Crippen LogP contribution is 2.22. The van der Waals surface area contributed by atoms with Crippen LogP contribution in [-0.4, -0.2) is 14.0 Å². The zero-order valence-corrected chi connectivity index (χ0v) is 10.9. The first-order chi connectivity index (χ1) is 9.81. The van der Waals surface area contributed by atoms with E-state index in [1.54, 1.807) is 0 Å². The summed E-state index contributed by atoms with van der Waals surface area (Å²) in [5.74, 6) is 0. The van der Waals surface area contributed by atoms with E-state index in [0.29, 0.717) is 0 Å². The SMILES string of the molecule is Nc1cccc2c1ccn2Cc1cn2ccccc2n1. The van der Waals surface area contributed by atoms with Crippen LogP contribution in [-0.2, 0) is 6.54 Å². The molecule has 1 aromatic carbocycles. The molecule has 4 heteroatoms. The maximum atomic E-state index is 5.99. The van der Waals surface area contributed by atoms with Gasteiger partial charge in [-0.3, -0.25) is 0 Å². The average molecular weight is 262 g/mol. The molecule has 4 aromatic rings. The molecule has 0 radical (unpaired) electrons. The van der Waals surface area contributed by atoms with Gasteiger partial charge >= 0.3 is 0 Å². The molecule has 3 heterocycles. The smallest absolute Gasteiger partial charge is 0.137 e. The Morgan fingerprint density at radius 3 is 2.85 bits per heavy atom. The largest absolute Gasteiger partial charge is 0.398 e. The number of rotatable bonds is 2. The number of benzene rings is 1. The van der Waals surface area contributed by atoms with Crippen LogP contribution in [0.25, 0.3) is 16.6 Å². The van der Waals surface area contributed by atoms with Crippen molar-refractivity contribution in [2.45, 2.75) is 6.54 Å². The molecule has 98 valence electrons. The lowest BCUT2D eigenvalue weighted by atomic mass is 10.2. The molecule has 0 atom stereocenters. The van der Waals surface area contributed by atoms with Crippen LogP contribution in [0.4, 0.5) is 5.69 Å². The van der Waals surface area contributed by atoms with Crippen molar-refractivity contribution < 1.29 is 0 Å². The van der Waals surface area contributed by atoms with Gasteiger partial charge in [-0.15, -0.1) is 0 Å². The number of nitrogens with two attached hydrogens (primary N) is 1. The van der Waals surface area contributed by atoms with Crippen molar-refractivity contribution in [3.63, 3.8) is 0 Å². The van der Waals surface area contributed by atoms with Crippen LogP contribution in [0.5, 0.6) is 0 Å². The molecular formula is C16H14N4. The number of anilines is 1. The molecule has 4 rings (SSSR count). The molecule has 2 N–H and O–H groups in total. The van der Waals surface area contributed by atoms with Crippen molar-refractivity contribution in [2.75, 3.05) is 5.73 Å². The molecular weight excluding hydrogens is 248 g/mol. The van der Waals surface area contributed by atoms with E-state index in [4.69, 9.17) is 5.73 Å². The minimum absolute atomic E-state index is 0.745. The fraction of sp³-hybridized carbons (Fsp3) is 0.0625. The zero-order chi connectivity index (χ0) is 13.5. The van der Waals surface area contributed by atoms with Gasteiger partial charge in [0, 0.05) is 29.7 Å². The number of aromatic nitrogens is 3. The van der Waals surface area contributed by atoms with Crippen LogP contribution in [0.2, 0.25) is 0 Å². The summed E-state index contributed by atoms with van der Waals surface area (Å²) in [4.78, 5) is 4.63. The lowest BCUT2D eigenvalue weighted by molar-refractivity contribution is 0.815. The predicted octanol–water partition coefficient (Wildman–Crippen LogP) is 2.92. The van der Waals surface area contributed by atoms with Crippen LogP contribution in [0.1, 0.15) is 5.69 Å². The summed E-state index contributed by atoms with van der Waals surface area (Å²) in [7, 11) is 0. The van der Waals surface area contributed by atoms with Gasteiger partial charge in [0.15, 0.2) is 0 Å². The highest BCUT2D eigenvalue weighted by molar-refractivity contribution is 5.91. The normalized spacial score (nSPS) is 11.4. The van der Waals surface area contributed by atoms with E-state index >= 15 is 0 Å². The van der Waals surface area contributed by atoms with Crippen molar-refractivity contribution in [1.82, 2.24) is 14.0 Å². The Morgan fingerprint density at radius 2 is 1.95 bits per heavy atom. The van der Waals surface area contributed by atoms with E-state index in [1.807, 2.05) is 40.9 Å². The van der Waals surface area contributed by atoms with Crippen molar-refractivity contribution in [3.05, 3.63) is 66.7 Å². The van der Waals surface area contributed by atoms with Gasteiger partial charge in [0.1, 0.15) is 5.65 Å². The van der Waals surface area contributed by atoms with E-state index in [1.165, 1.54) is 0 Å². The number of nitrogen functional groups attached to an aromatic ring is 1. The number of imidazole rings is 1. The third-order valence-electron chi connectivity index (χ3n) is 3.59. The summed E-state index contributed by atoms with van der Waals surface area (Å²) in [6.45, 7) is 0.745. The highest BCUT2D eigenvalue weighted by atomic mass is 15.0. The summed E-state index contributed by atoms with van der Waals surface area (Å²) in [5.41, 5.74) is 9.96. The van der Waals surface area contributed by atoms with Crippen LogP contribution >= 0.6 is 0 Å². The quantitative estimate of drug-likeness (QED) is 0.565. The maximum absolute atomic E-state index is 5.99. The third kappa shape index (κ3) is 1.66. The van der Waals surface area contributed by atoms with Gasteiger partial charge in [0.05, 0.1) is 17.8 Å². The minimum Gasteiger partial charge on any atom is -0.398 e. The standard InChI is InChI=1S/C16H14N4/c17-14-4-3-5-15-13(14)7-9-19(15)10-12-11-20-8-2-1-6-16(20)18-12/h1-9,11H,10,17H2. The second-order valence-corrected chi connectivity index (χ2v) is 4.92. The lowest BCUT2D eigenvalue weighted by Gasteiger charge is -2.03. The first-order valence-corrected chi connectivity index (χ1v) is 6.57. The van der Waals surface area contributed by atoms with Crippen LogP contribution in [0.3, 0.4) is 0 Å². The van der Waals surface area contributed by atoms with Crippen molar-refractivity contribution in [1.29, 1.82) is 0 Å². The summed E-state index contributed by atoms with van der Waals surface area (Å²) in [6, 6.07) is 14.1. The second kappa shape index (κ2) is 4.13. The van der Waals surface area contributed by atoms with Gasteiger partial charge in [0.2, 0.25) is 0 Å². The molecule has 4 nitrogen and oxygen atoms in total. The summed E-state index contributed by atoms with van der Waals surface area (Å²) in [5, 5.41) is 1.09. The highest BCUT2D eigenvalue weighted by Gasteiger charge is 2.06. The van der Waals surface area contributed by atoms with Gasteiger partial charge in [-0.2, -0.15) is 0 Å². The van der Waals surface area contributed by atoms with Gasteiger partial charge < -0.3 is 14.7 Å². The molecule has 0 spiro atoms. The molecule has 0 aliphatic rings. The second-order valence-electron chi connectivity index (χ2n) is 4.92. The first kappa shape index (κ1) is 11.1. The molecule has 3 aromatic heterocycles. The van der Waals surface area contributed by atoms with Gasteiger partial charge in [-0.1, -0.05) is 12.1 Å². The Morgan fingerprint density at radius 1 is 1.00 bits per heavy atom. The molecule has 0 saturated carbocycles. The Balaban J connectivity index is 1.78. The fourth-order valence-corrected chi connectivity index (χ4v) is 2.62. The molecule has 0 saturated heterocycles. The monoisotopic (exact) mass is 262 g/mol. The van der Waals surface area contributed by atoms with Gasteiger partial charge in [0.25, 0.3) is 0 Å². The number of hydrogen-bond donors (Lipinski definition) is 1. The minimum atomic E-state index is 0.745. The zero-order valence-electron chi connectivity index (χ0n) is 10.9. The Hall–Kier alpha value is -2.75. The Kier molecular flexibility index (Phi) is 2.29. The molecule has 20 heavy (non-hydrogen) atoms. The Bertz CT molecular complexity index is 868. The van der Waals surface area contributed by atoms with Gasteiger partial charge in [-0.05, 0) is 30.3 Å². The first-order valence-electron chi connectivity index (χ1n) is 6.57. The van der Waals surface area contributed by atoms with E-state index < -0.39 is 0 Å². The molecule has 0 fully saturated rings. The number of fused-ring (bicyclic) bond motifs is 2. The van der Waals surface area contributed by atoms with E-state index in [-0.39, 0.29) is 0 Å². The van der Waals surface area contributed by atoms with E-state index in [2.05, 4.69) is 34.1 Å². The summed E-state index contributed by atoms with van der Waals surface area (Å²) in [6.07, 6.45) is 6.14. The fourth-order valence-electron chi connectivity index (χ4n) is 2.62. The average Bonchev–Trinajstić information content (AvgIpc) is 3.04. The van der Waals surface area contributed by atoms with Gasteiger partial charge in [-0.25, -0.2) is 4.98 Å². The topological polar surface area (TPSA) is 48.2 Å². The number of hydrogen-bond acceptors (Lipinski definition) is 2. The van der Waals surface area contributed by atoms with Crippen molar-refractivity contribution >= 4 is 22.2 Å². The third-order valence-corrected chi connectivity index (χ3v) is 3.59. The van der Waals surface area contributed by atoms with Crippen molar-refractivity contribution in [2.24, 2.45) is 0 Å². The maximum Gasteiger partial charge on any atom is 0.137 e. The summed E-state index contributed by atoms with van der Waals surface area (Å²) < 4.78 is 4.21. The van der Waals surface area contributed by atoms with E-state index in [0.717, 1.165) is 34.5 Å². The summed E-state index contributed by atoms with van der Waals surface area (Å²) >= 11 is 0. The van der Waals surface area contributed by atoms with Crippen LogP contribution in [0, 0.1) is 0 Å². The number of pyridine rings is 1. The van der Waals surface area contributed by atoms with E-state index in [9.17, 15) is 0 Å². The predicted molar refractivity (Wildman–Crippen MR) is 80.6 cm³/mol. The lowest BCUT2D eigenvalue weighted by Crippen LogP contribution is -1.98. The number of nitrogens with zero attached hydrogens (tertiary/aromatic N) is 3. The molecule has 0 aliphatic heterocycles.